The summed E-state index contributed by atoms with van der Waals surface area (Å²) in [4.78, 5) is 17.8. The molecular weight excluding hydrogens is 522 g/mol. The van der Waals surface area contributed by atoms with E-state index in [9.17, 15) is 13.2 Å². The Hall–Kier alpha value is -3.78. The number of nitrogens with one attached hydrogen (secondary N) is 1. The van der Waals surface area contributed by atoms with Crippen LogP contribution in [0.4, 0.5) is 5.69 Å². The van der Waals surface area contributed by atoms with Gasteiger partial charge in [0.2, 0.25) is 0 Å². The van der Waals surface area contributed by atoms with Gasteiger partial charge in [-0.15, -0.1) is 6.42 Å². The summed E-state index contributed by atoms with van der Waals surface area (Å²) in [5.41, 5.74) is 1.06. The SMILES string of the molecule is C#CCn1c(=NC(=O)c2cccc(NS(=O)(=O)c3ccc(Cl)cc3)c2)sc2c(OC)ccc(OC)c21. The normalized spacial score (nSPS) is 11.8. The van der Waals surface area contributed by atoms with Crippen LogP contribution >= 0.6 is 22.9 Å². The number of amides is 1. The van der Waals surface area contributed by atoms with Crippen molar-refractivity contribution in [1.82, 2.24) is 4.57 Å². The second-order valence-corrected chi connectivity index (χ2v) is 10.5. The van der Waals surface area contributed by atoms with Gasteiger partial charge in [0, 0.05) is 16.3 Å². The Morgan fingerprint density at radius 1 is 1.11 bits per heavy atom. The smallest absolute Gasteiger partial charge is 0.279 e. The number of hydrogen-bond donors (Lipinski definition) is 1. The Bertz CT molecular complexity index is 1670. The minimum atomic E-state index is -3.88. The number of carbonyl (C=O) groups is 1. The maximum Gasteiger partial charge on any atom is 0.279 e. The Labute approximate surface area is 216 Å². The molecule has 4 rings (SSSR count). The zero-order valence-corrected chi connectivity index (χ0v) is 21.6. The van der Waals surface area contributed by atoms with E-state index < -0.39 is 15.9 Å². The molecule has 0 radical (unpaired) electrons. The van der Waals surface area contributed by atoms with Crippen molar-refractivity contribution < 1.29 is 22.7 Å². The van der Waals surface area contributed by atoms with Gasteiger partial charge in [0.25, 0.3) is 15.9 Å². The third-order valence-corrected chi connectivity index (χ3v) is 7.87. The van der Waals surface area contributed by atoms with Crippen LogP contribution in [0.3, 0.4) is 0 Å². The molecule has 0 spiro atoms. The quantitative estimate of drug-likeness (QED) is 0.346. The van der Waals surface area contributed by atoms with Crippen LogP contribution in [0, 0.1) is 12.3 Å². The molecule has 0 aliphatic rings. The molecule has 36 heavy (non-hydrogen) atoms. The third-order valence-electron chi connectivity index (χ3n) is 5.12. The molecule has 1 amide bonds. The molecule has 1 aromatic heterocycles. The number of terminal acetylenes is 1. The molecule has 0 atom stereocenters. The topological polar surface area (TPSA) is 99.0 Å². The van der Waals surface area contributed by atoms with Gasteiger partial charge in [0.1, 0.15) is 21.7 Å². The largest absolute Gasteiger partial charge is 0.495 e. The van der Waals surface area contributed by atoms with E-state index >= 15 is 0 Å². The zero-order valence-electron chi connectivity index (χ0n) is 19.2. The van der Waals surface area contributed by atoms with Crippen molar-refractivity contribution in [3.05, 3.63) is 76.1 Å². The molecule has 0 fully saturated rings. The van der Waals surface area contributed by atoms with E-state index in [2.05, 4.69) is 15.6 Å². The first-order valence-electron chi connectivity index (χ1n) is 10.4. The monoisotopic (exact) mass is 541 g/mol. The molecule has 8 nitrogen and oxygen atoms in total. The molecule has 4 aromatic rings. The fourth-order valence-electron chi connectivity index (χ4n) is 3.47. The van der Waals surface area contributed by atoms with Gasteiger partial charge in [-0.25, -0.2) is 8.42 Å². The number of thiazole rings is 1. The Balaban J connectivity index is 1.74. The molecule has 0 aliphatic carbocycles. The first-order chi connectivity index (χ1) is 17.3. The molecule has 1 heterocycles. The number of ether oxygens (including phenoxy) is 2. The lowest BCUT2D eigenvalue weighted by Gasteiger charge is -2.09. The van der Waals surface area contributed by atoms with Crippen LogP contribution in [0.2, 0.25) is 5.02 Å². The first kappa shape index (κ1) is 25.3. The van der Waals surface area contributed by atoms with Crippen LogP contribution < -0.4 is 19.0 Å². The van der Waals surface area contributed by atoms with Crippen molar-refractivity contribution in [2.24, 2.45) is 4.99 Å². The molecule has 0 aliphatic heterocycles. The Kier molecular flexibility index (Phi) is 7.35. The number of benzene rings is 3. The molecule has 0 saturated heterocycles. The van der Waals surface area contributed by atoms with Crippen LogP contribution in [0.25, 0.3) is 10.2 Å². The summed E-state index contributed by atoms with van der Waals surface area (Å²) < 4.78 is 41.3. The summed E-state index contributed by atoms with van der Waals surface area (Å²) >= 11 is 7.08. The molecule has 1 N–H and O–H groups in total. The predicted molar refractivity (Wildman–Crippen MR) is 140 cm³/mol. The number of methoxy groups -OCH3 is 2. The standard InChI is InChI=1S/C25H20ClN3O5S2/c1-4-14-29-22-20(33-2)12-13-21(34-3)23(22)35-25(29)27-24(30)16-6-5-7-18(15-16)28-36(31,32)19-10-8-17(26)9-11-19/h1,5-13,15,28H,14H2,2-3H3. The van der Waals surface area contributed by atoms with Gasteiger partial charge in [0.15, 0.2) is 4.80 Å². The highest BCUT2D eigenvalue weighted by atomic mass is 35.5. The summed E-state index contributed by atoms with van der Waals surface area (Å²) in [7, 11) is -0.795. The van der Waals surface area contributed by atoms with Crippen molar-refractivity contribution in [2.45, 2.75) is 11.4 Å². The Morgan fingerprint density at radius 2 is 1.81 bits per heavy atom. The van der Waals surface area contributed by atoms with Crippen molar-refractivity contribution >= 4 is 54.8 Å². The summed E-state index contributed by atoms with van der Waals surface area (Å²) in [5, 5.41) is 0.418. The van der Waals surface area contributed by atoms with Crippen LogP contribution in [0.15, 0.2) is 70.6 Å². The number of hydrogen-bond acceptors (Lipinski definition) is 6. The van der Waals surface area contributed by atoms with Gasteiger partial charge in [0.05, 0.1) is 25.7 Å². The molecule has 184 valence electrons. The summed E-state index contributed by atoms with van der Waals surface area (Å²) in [6.07, 6.45) is 5.58. The van der Waals surface area contributed by atoms with E-state index in [0.717, 1.165) is 4.70 Å². The number of sulfonamides is 1. The summed E-state index contributed by atoms with van der Waals surface area (Å²) in [5.74, 6) is 3.16. The van der Waals surface area contributed by atoms with Gasteiger partial charge < -0.3 is 14.0 Å². The lowest BCUT2D eigenvalue weighted by Crippen LogP contribution is -2.17. The predicted octanol–water partition coefficient (Wildman–Crippen LogP) is 4.55. The van der Waals surface area contributed by atoms with Crippen molar-refractivity contribution in [2.75, 3.05) is 18.9 Å². The fourth-order valence-corrected chi connectivity index (χ4v) is 5.78. The number of carbonyl (C=O) groups excluding carboxylic acids is 1. The molecule has 3 aromatic carbocycles. The van der Waals surface area contributed by atoms with E-state index in [1.54, 1.807) is 35.9 Å². The Morgan fingerprint density at radius 3 is 2.47 bits per heavy atom. The maximum atomic E-state index is 13.1. The number of nitrogens with zero attached hydrogens (tertiary/aromatic N) is 2. The average molecular weight is 542 g/mol. The van der Waals surface area contributed by atoms with Crippen LogP contribution in [0.1, 0.15) is 10.4 Å². The minimum Gasteiger partial charge on any atom is -0.495 e. The number of anilines is 1. The minimum absolute atomic E-state index is 0.0387. The number of aromatic nitrogens is 1. The molecule has 0 saturated carbocycles. The van der Waals surface area contributed by atoms with Crippen molar-refractivity contribution in [3.63, 3.8) is 0 Å². The van der Waals surface area contributed by atoms with E-state index in [1.807, 2.05) is 0 Å². The average Bonchev–Trinajstić information content (AvgIpc) is 3.21. The maximum absolute atomic E-state index is 13.1. The van der Waals surface area contributed by atoms with E-state index in [0.29, 0.717) is 26.8 Å². The van der Waals surface area contributed by atoms with Gasteiger partial charge in [-0.05, 0) is 54.6 Å². The summed E-state index contributed by atoms with van der Waals surface area (Å²) in [6, 6.07) is 15.3. The van der Waals surface area contributed by atoms with Gasteiger partial charge in [-0.1, -0.05) is 34.9 Å². The second-order valence-electron chi connectivity index (χ2n) is 7.38. The van der Waals surface area contributed by atoms with Gasteiger partial charge in [-0.3, -0.25) is 9.52 Å². The van der Waals surface area contributed by atoms with Crippen LogP contribution in [-0.4, -0.2) is 33.1 Å². The number of halogens is 1. The van der Waals surface area contributed by atoms with Crippen LogP contribution in [0.5, 0.6) is 11.5 Å². The first-order valence-corrected chi connectivity index (χ1v) is 13.1. The van der Waals surface area contributed by atoms with Crippen LogP contribution in [-0.2, 0) is 16.6 Å². The lowest BCUT2D eigenvalue weighted by atomic mass is 10.2. The zero-order chi connectivity index (χ0) is 25.9. The molecule has 11 heteroatoms. The van der Waals surface area contributed by atoms with Crippen molar-refractivity contribution in [3.8, 4) is 23.8 Å². The fraction of sp³-hybridized carbons (Fsp3) is 0.120. The van der Waals surface area contributed by atoms with Crippen molar-refractivity contribution in [1.29, 1.82) is 0 Å². The van der Waals surface area contributed by atoms with Gasteiger partial charge >= 0.3 is 0 Å². The third kappa shape index (κ3) is 5.09. The molecular formula is C25H20ClN3O5S2. The number of fused-ring (bicyclic) bond motifs is 1. The highest BCUT2D eigenvalue weighted by Gasteiger charge is 2.18. The van der Waals surface area contributed by atoms with Gasteiger partial charge in [-0.2, -0.15) is 4.99 Å². The highest BCUT2D eigenvalue weighted by molar-refractivity contribution is 7.92. The molecule has 0 unspecified atom stereocenters. The van der Waals surface area contributed by atoms with E-state index in [1.165, 1.54) is 54.8 Å². The lowest BCUT2D eigenvalue weighted by molar-refractivity contribution is 0.0998. The number of rotatable bonds is 7. The molecule has 0 bridgehead atoms. The summed E-state index contributed by atoms with van der Waals surface area (Å²) in [6.45, 7) is 0.149. The van der Waals surface area contributed by atoms with E-state index in [-0.39, 0.29) is 22.7 Å². The second kappa shape index (κ2) is 10.5. The highest BCUT2D eigenvalue weighted by Crippen LogP contribution is 2.35. The van der Waals surface area contributed by atoms with E-state index in [4.69, 9.17) is 27.5 Å².